The third-order valence-corrected chi connectivity index (χ3v) is 7.68. The van der Waals surface area contributed by atoms with E-state index in [-0.39, 0.29) is 38.5 Å². The number of nitrogen functional groups attached to an aromatic ring is 1. The van der Waals surface area contributed by atoms with Gasteiger partial charge in [0.05, 0.1) is 0 Å². The fourth-order valence-corrected chi connectivity index (χ4v) is 5.20. The van der Waals surface area contributed by atoms with Crippen LogP contribution in [0.25, 0.3) is 0 Å². The van der Waals surface area contributed by atoms with Crippen LogP contribution in [0.4, 0.5) is 15.4 Å². The molecule has 2 atom stereocenters. The minimum absolute atomic E-state index is 0.0476. The molecule has 1 aromatic heterocycles. The van der Waals surface area contributed by atoms with E-state index in [1.807, 2.05) is 0 Å². The summed E-state index contributed by atoms with van der Waals surface area (Å²) in [4.78, 5) is 70.5. The molecule has 0 saturated carbocycles. The third-order valence-electron chi connectivity index (χ3n) is 7.68. The second kappa shape index (κ2) is 17.6. The summed E-state index contributed by atoms with van der Waals surface area (Å²) in [6.07, 6.45) is -0.791. The molecular formula is C34H43N5O10. The highest BCUT2D eigenvalue weighted by Crippen LogP contribution is 2.30. The number of nitrogens with zero attached hydrogens (tertiary/aromatic N) is 4. The lowest BCUT2D eigenvalue weighted by molar-refractivity contribution is -0.217. The average Bonchev–Trinajstić information content (AvgIpc) is 3.05. The van der Waals surface area contributed by atoms with Gasteiger partial charge in [0.25, 0.3) is 0 Å². The van der Waals surface area contributed by atoms with E-state index in [0.29, 0.717) is 11.1 Å². The molecule has 0 radical (unpaired) electrons. The van der Waals surface area contributed by atoms with Gasteiger partial charge in [-0.25, -0.2) is 24.0 Å². The van der Waals surface area contributed by atoms with Gasteiger partial charge in [-0.2, -0.15) is 4.98 Å². The fourth-order valence-electron chi connectivity index (χ4n) is 5.20. The average molecular weight is 682 g/mol. The summed E-state index contributed by atoms with van der Waals surface area (Å²) >= 11 is 0. The number of ether oxygens (including phenoxy) is 3. The SMILES string of the molecule is CC(C)[C@@H](C(=O)O)N(CCCN(C(=O)OCc1ccccc1)[C@](OCn1ccc(N)nc1=O)(C(=O)O)C(C)C)C(=O)OCc1ccccc1. The zero-order valence-corrected chi connectivity index (χ0v) is 27.9. The van der Waals surface area contributed by atoms with Crippen molar-refractivity contribution >= 4 is 29.9 Å². The van der Waals surface area contributed by atoms with E-state index in [4.69, 9.17) is 19.9 Å². The van der Waals surface area contributed by atoms with E-state index in [2.05, 4.69) is 4.98 Å². The lowest BCUT2D eigenvalue weighted by atomic mass is 9.97. The van der Waals surface area contributed by atoms with Gasteiger partial charge >= 0.3 is 29.8 Å². The van der Waals surface area contributed by atoms with Gasteiger partial charge in [0.15, 0.2) is 0 Å². The highest BCUT2D eigenvalue weighted by atomic mass is 16.6. The number of anilines is 1. The van der Waals surface area contributed by atoms with Crippen LogP contribution in [0.15, 0.2) is 77.7 Å². The molecule has 264 valence electrons. The van der Waals surface area contributed by atoms with Gasteiger partial charge in [-0.15, -0.1) is 0 Å². The molecule has 0 saturated heterocycles. The number of nitrogens with two attached hydrogens (primary N) is 1. The number of hydrogen-bond donors (Lipinski definition) is 3. The molecule has 2 aromatic carbocycles. The van der Waals surface area contributed by atoms with Crippen molar-refractivity contribution in [3.05, 3.63) is 94.5 Å². The number of carboxylic acid groups (broad SMARTS) is 2. The Balaban J connectivity index is 1.94. The Hall–Kier alpha value is -5.44. The molecule has 0 aliphatic carbocycles. The lowest BCUT2D eigenvalue weighted by Crippen LogP contribution is -2.63. The van der Waals surface area contributed by atoms with Crippen LogP contribution in [0.1, 0.15) is 45.2 Å². The predicted molar refractivity (Wildman–Crippen MR) is 177 cm³/mol. The van der Waals surface area contributed by atoms with E-state index < -0.39 is 60.1 Å². The molecule has 1 heterocycles. The Morgan fingerprint density at radius 2 is 1.41 bits per heavy atom. The van der Waals surface area contributed by atoms with E-state index in [1.165, 1.54) is 26.1 Å². The molecule has 3 aromatic rings. The molecule has 0 spiro atoms. The Morgan fingerprint density at radius 1 is 0.857 bits per heavy atom. The highest BCUT2D eigenvalue weighted by Gasteiger charge is 2.52. The van der Waals surface area contributed by atoms with Gasteiger partial charge in [0.1, 0.15) is 31.8 Å². The third kappa shape index (κ3) is 10.0. The number of hydrogen-bond acceptors (Lipinski definition) is 10. The van der Waals surface area contributed by atoms with Crippen molar-refractivity contribution in [3.8, 4) is 0 Å². The standard InChI is InChI=1S/C34H43N5O10/c1-23(2)28(29(40)41)38(32(45)47-20-25-12-7-5-8-13-25)17-11-18-39(33(46)48-21-26-14-9-6-10-15-26)34(24(3)4,30(42)43)49-22-37-19-16-27(35)36-31(37)44/h5-10,12-16,19,23-24,28H,11,17-18,20-22H2,1-4H3,(H,40,41)(H,42,43)(H2,35,36,44)/t28-,34+/m0/s1. The normalized spacial score (nSPS) is 12.9. The number of aromatic nitrogens is 2. The van der Waals surface area contributed by atoms with Crippen LogP contribution in [-0.4, -0.2) is 78.5 Å². The maximum absolute atomic E-state index is 13.8. The monoisotopic (exact) mass is 681 g/mol. The maximum Gasteiger partial charge on any atom is 0.412 e. The largest absolute Gasteiger partial charge is 0.480 e. The van der Waals surface area contributed by atoms with Gasteiger partial charge in [0, 0.05) is 25.2 Å². The van der Waals surface area contributed by atoms with Crippen molar-refractivity contribution < 1.29 is 43.6 Å². The van der Waals surface area contributed by atoms with E-state index in [1.54, 1.807) is 74.5 Å². The number of rotatable bonds is 17. The van der Waals surface area contributed by atoms with Gasteiger partial charge in [-0.1, -0.05) is 88.4 Å². The predicted octanol–water partition coefficient (Wildman–Crippen LogP) is 4.01. The van der Waals surface area contributed by atoms with Gasteiger partial charge < -0.3 is 30.2 Å². The number of benzene rings is 2. The summed E-state index contributed by atoms with van der Waals surface area (Å²) in [5.41, 5.74) is 3.71. The summed E-state index contributed by atoms with van der Waals surface area (Å²) < 4.78 is 17.9. The molecule has 0 bridgehead atoms. The smallest absolute Gasteiger partial charge is 0.412 e. The van der Waals surface area contributed by atoms with Crippen LogP contribution in [0.2, 0.25) is 0 Å². The van der Waals surface area contributed by atoms with Crippen LogP contribution in [0.3, 0.4) is 0 Å². The van der Waals surface area contributed by atoms with E-state index in [9.17, 15) is 34.2 Å². The molecule has 0 fully saturated rings. The first-order valence-corrected chi connectivity index (χ1v) is 15.7. The molecule has 2 amide bonds. The van der Waals surface area contributed by atoms with Crippen LogP contribution in [0.5, 0.6) is 0 Å². The molecule has 49 heavy (non-hydrogen) atoms. The first kappa shape index (κ1) is 38.0. The molecule has 0 aliphatic heterocycles. The number of carboxylic acids is 2. The van der Waals surface area contributed by atoms with Crippen molar-refractivity contribution in [1.29, 1.82) is 0 Å². The Morgan fingerprint density at radius 3 is 1.88 bits per heavy atom. The quantitative estimate of drug-likeness (QED) is 0.173. The van der Waals surface area contributed by atoms with Gasteiger partial charge in [-0.05, 0) is 29.5 Å². The Labute approximate surface area is 283 Å². The number of aliphatic carboxylic acids is 2. The molecular weight excluding hydrogens is 638 g/mol. The zero-order chi connectivity index (χ0) is 36.1. The second-order valence-corrected chi connectivity index (χ2v) is 11.8. The molecule has 0 unspecified atom stereocenters. The minimum Gasteiger partial charge on any atom is -0.480 e. The summed E-state index contributed by atoms with van der Waals surface area (Å²) in [7, 11) is 0. The molecule has 15 nitrogen and oxygen atoms in total. The summed E-state index contributed by atoms with van der Waals surface area (Å²) in [6.45, 7) is 4.79. The fraction of sp³-hybridized carbons (Fsp3) is 0.412. The van der Waals surface area contributed by atoms with Crippen molar-refractivity contribution in [2.75, 3.05) is 18.8 Å². The first-order valence-electron chi connectivity index (χ1n) is 15.7. The van der Waals surface area contributed by atoms with Crippen molar-refractivity contribution in [1.82, 2.24) is 19.4 Å². The Kier molecular flexibility index (Phi) is 13.7. The van der Waals surface area contributed by atoms with Crippen LogP contribution < -0.4 is 11.4 Å². The van der Waals surface area contributed by atoms with Crippen LogP contribution in [-0.2, 0) is 43.7 Å². The van der Waals surface area contributed by atoms with E-state index >= 15 is 0 Å². The number of amides is 2. The topological polar surface area (TPSA) is 204 Å². The number of carbonyl (C=O) groups excluding carboxylic acids is 2. The van der Waals surface area contributed by atoms with Crippen molar-refractivity contribution in [2.45, 2.75) is 65.8 Å². The van der Waals surface area contributed by atoms with Gasteiger partial charge in [0.2, 0.25) is 5.72 Å². The molecule has 4 N–H and O–H groups in total. The van der Waals surface area contributed by atoms with Crippen molar-refractivity contribution in [3.63, 3.8) is 0 Å². The van der Waals surface area contributed by atoms with Gasteiger partial charge in [-0.3, -0.25) is 14.4 Å². The van der Waals surface area contributed by atoms with Crippen LogP contribution >= 0.6 is 0 Å². The Bertz CT molecular complexity index is 1620. The zero-order valence-electron chi connectivity index (χ0n) is 27.9. The molecule has 15 heteroatoms. The maximum atomic E-state index is 13.8. The highest BCUT2D eigenvalue weighted by molar-refractivity contribution is 5.83. The summed E-state index contributed by atoms with van der Waals surface area (Å²) in [5.74, 6) is -4.31. The molecule has 0 aliphatic rings. The van der Waals surface area contributed by atoms with E-state index in [0.717, 1.165) is 14.4 Å². The first-order chi connectivity index (χ1) is 23.3. The van der Waals surface area contributed by atoms with Crippen LogP contribution in [0, 0.1) is 11.8 Å². The molecule has 3 rings (SSSR count). The van der Waals surface area contributed by atoms with Crippen molar-refractivity contribution in [2.24, 2.45) is 11.8 Å². The summed E-state index contributed by atoms with van der Waals surface area (Å²) in [5, 5.41) is 20.7. The minimum atomic E-state index is -2.39. The summed E-state index contributed by atoms with van der Waals surface area (Å²) in [6, 6.07) is 17.6. The lowest BCUT2D eigenvalue weighted by Gasteiger charge is -2.42. The second-order valence-electron chi connectivity index (χ2n) is 11.8. The number of carbonyl (C=O) groups is 4.